The molecule has 3 aliphatic rings. The predicted octanol–water partition coefficient (Wildman–Crippen LogP) is 2.72. The van der Waals surface area contributed by atoms with E-state index in [4.69, 9.17) is 9.47 Å². The van der Waals surface area contributed by atoms with Crippen LogP contribution in [0.1, 0.15) is 74.8 Å². The Morgan fingerprint density at radius 3 is 2.64 bits per heavy atom. The van der Waals surface area contributed by atoms with Crippen LogP contribution in [-0.4, -0.2) is 76.6 Å². The molecule has 1 saturated carbocycles. The van der Waals surface area contributed by atoms with Gasteiger partial charge < -0.3 is 35.0 Å². The number of aliphatic hydroxyl groups is 3. The number of ether oxygens (including phenoxy) is 2. The maximum absolute atomic E-state index is 13.7. The summed E-state index contributed by atoms with van der Waals surface area (Å²) in [5.74, 6) is -0.211. The molecule has 39 heavy (non-hydrogen) atoms. The van der Waals surface area contributed by atoms with E-state index in [1.165, 1.54) is 7.11 Å². The Bertz CT molecular complexity index is 1070. The van der Waals surface area contributed by atoms with Gasteiger partial charge in [0.2, 0.25) is 11.8 Å². The third-order valence-corrected chi connectivity index (χ3v) is 8.12. The summed E-state index contributed by atoms with van der Waals surface area (Å²) < 4.78 is 11.8. The topological polar surface area (TPSA) is 129 Å². The lowest BCUT2D eigenvalue weighted by Gasteiger charge is -2.45. The van der Waals surface area contributed by atoms with Gasteiger partial charge in [-0.3, -0.25) is 9.59 Å². The van der Waals surface area contributed by atoms with Gasteiger partial charge in [-0.05, 0) is 55.9 Å². The van der Waals surface area contributed by atoms with E-state index < -0.39 is 24.2 Å². The minimum atomic E-state index is -1.09. The van der Waals surface area contributed by atoms with Crippen molar-refractivity contribution in [1.29, 1.82) is 0 Å². The number of rotatable bonds is 12. The molecule has 2 amide bonds. The van der Waals surface area contributed by atoms with Gasteiger partial charge in [0.1, 0.15) is 12.2 Å². The Morgan fingerprint density at radius 1 is 1.21 bits per heavy atom. The van der Waals surface area contributed by atoms with Crippen molar-refractivity contribution in [3.8, 4) is 11.5 Å². The van der Waals surface area contributed by atoms with E-state index in [1.54, 1.807) is 18.2 Å². The molecule has 0 aromatic heterocycles. The van der Waals surface area contributed by atoms with Crippen LogP contribution in [-0.2, 0) is 16.2 Å². The van der Waals surface area contributed by atoms with Gasteiger partial charge in [-0.2, -0.15) is 0 Å². The van der Waals surface area contributed by atoms with Crippen molar-refractivity contribution < 1.29 is 34.4 Å². The Hall–Kier alpha value is -2.88. The molecule has 0 radical (unpaired) electrons. The fourth-order valence-electron chi connectivity index (χ4n) is 6.26. The van der Waals surface area contributed by atoms with E-state index in [2.05, 4.69) is 11.9 Å². The lowest BCUT2D eigenvalue weighted by molar-refractivity contribution is -0.141. The highest BCUT2D eigenvalue weighted by Gasteiger charge is 2.52. The molecule has 1 aromatic carbocycles. The fourth-order valence-corrected chi connectivity index (χ4v) is 6.26. The number of nitrogens with zero attached hydrogens (tertiary/aromatic N) is 1. The number of unbranched alkanes of at least 4 members (excludes halogenated alkanes) is 2. The largest absolute Gasteiger partial charge is 0.493 e. The van der Waals surface area contributed by atoms with E-state index in [0.717, 1.165) is 51.4 Å². The van der Waals surface area contributed by atoms with Crippen LogP contribution in [0, 0.1) is 0 Å². The van der Waals surface area contributed by atoms with E-state index >= 15 is 0 Å². The minimum absolute atomic E-state index is 0.0286. The minimum Gasteiger partial charge on any atom is -0.493 e. The number of nitrogens with one attached hydrogen (secondary N) is 1. The quantitative estimate of drug-likeness (QED) is 0.236. The SMILES string of the molecule is C=CCCCCC(=O)N(C1CCCCC1)C1C=C(C(=O)NCCO)C2c3cc(CO)cc(OC)c3OC2C1O. The van der Waals surface area contributed by atoms with Crippen molar-refractivity contribution in [3.63, 3.8) is 0 Å². The molecule has 2 aliphatic carbocycles. The molecule has 0 spiro atoms. The van der Waals surface area contributed by atoms with Gasteiger partial charge in [-0.15, -0.1) is 6.58 Å². The molecule has 1 fully saturated rings. The van der Waals surface area contributed by atoms with Crippen molar-refractivity contribution in [2.45, 2.75) is 94.6 Å². The maximum Gasteiger partial charge on any atom is 0.247 e. The van der Waals surface area contributed by atoms with Crippen LogP contribution >= 0.6 is 0 Å². The molecule has 4 atom stereocenters. The Morgan fingerprint density at radius 2 is 1.97 bits per heavy atom. The van der Waals surface area contributed by atoms with Crippen LogP contribution in [0.4, 0.5) is 0 Å². The highest BCUT2D eigenvalue weighted by molar-refractivity contribution is 5.96. The molecule has 9 nitrogen and oxygen atoms in total. The molecule has 214 valence electrons. The van der Waals surface area contributed by atoms with Gasteiger partial charge in [0.15, 0.2) is 11.5 Å². The monoisotopic (exact) mass is 542 g/mol. The molecule has 9 heteroatoms. The van der Waals surface area contributed by atoms with Crippen molar-refractivity contribution in [3.05, 3.63) is 47.6 Å². The van der Waals surface area contributed by atoms with Crippen LogP contribution in [0.15, 0.2) is 36.4 Å². The van der Waals surface area contributed by atoms with E-state index in [9.17, 15) is 24.9 Å². The molecular weight excluding hydrogens is 500 g/mol. The normalized spacial score (nSPS) is 24.2. The number of allylic oxidation sites excluding steroid dienone is 1. The van der Waals surface area contributed by atoms with Gasteiger partial charge in [-0.1, -0.05) is 25.3 Å². The summed E-state index contributed by atoms with van der Waals surface area (Å²) in [6.07, 6.45) is 9.28. The van der Waals surface area contributed by atoms with Gasteiger partial charge in [0.25, 0.3) is 0 Å². The van der Waals surface area contributed by atoms with Crippen LogP contribution in [0.2, 0.25) is 0 Å². The number of amides is 2. The van der Waals surface area contributed by atoms with Gasteiger partial charge in [-0.25, -0.2) is 0 Å². The number of fused-ring (bicyclic) bond motifs is 3. The molecule has 4 rings (SSSR count). The molecular formula is C30H42N2O7. The molecule has 4 N–H and O–H groups in total. The summed E-state index contributed by atoms with van der Waals surface area (Å²) in [7, 11) is 1.50. The number of benzene rings is 1. The zero-order valence-corrected chi connectivity index (χ0v) is 22.8. The second-order valence-corrected chi connectivity index (χ2v) is 10.6. The van der Waals surface area contributed by atoms with Crippen LogP contribution in [0.3, 0.4) is 0 Å². The summed E-state index contributed by atoms with van der Waals surface area (Å²) >= 11 is 0. The average Bonchev–Trinajstić information content (AvgIpc) is 3.35. The standard InChI is InChI=1S/C30H42N2O7/c1-3-4-5-9-12-25(35)32(20-10-7-6-8-11-20)23-17-22(30(37)31-13-14-33)26-21-15-19(18-34)16-24(38-2)28(21)39-29(26)27(23)36/h3,15-17,20,23,26-27,29,33-34,36H,1,4-14,18H2,2H3,(H,31,37). The summed E-state index contributed by atoms with van der Waals surface area (Å²) in [5, 5.41) is 33.7. The maximum atomic E-state index is 13.7. The van der Waals surface area contributed by atoms with Crippen molar-refractivity contribution in [2.24, 2.45) is 0 Å². The summed E-state index contributed by atoms with van der Waals surface area (Å²) in [5.41, 5.74) is 1.62. The smallest absolute Gasteiger partial charge is 0.247 e. The van der Waals surface area contributed by atoms with Crippen LogP contribution in [0.5, 0.6) is 11.5 Å². The second kappa shape index (κ2) is 13.5. The number of carbonyl (C=O) groups is 2. The number of carbonyl (C=O) groups excluding carboxylic acids is 2. The lowest BCUT2D eigenvalue weighted by atomic mass is 9.76. The third-order valence-electron chi connectivity index (χ3n) is 8.12. The summed E-state index contributed by atoms with van der Waals surface area (Å²) in [4.78, 5) is 29.0. The summed E-state index contributed by atoms with van der Waals surface area (Å²) in [6.45, 7) is 3.39. The first-order valence-corrected chi connectivity index (χ1v) is 14.1. The molecule has 4 unspecified atom stereocenters. The molecule has 1 heterocycles. The van der Waals surface area contributed by atoms with E-state index in [0.29, 0.717) is 34.6 Å². The first-order chi connectivity index (χ1) is 18.9. The first kappa shape index (κ1) is 29.1. The van der Waals surface area contributed by atoms with Gasteiger partial charge in [0, 0.05) is 30.1 Å². The van der Waals surface area contributed by atoms with Gasteiger partial charge in [0.05, 0.1) is 32.3 Å². The Labute approximate surface area is 230 Å². The van der Waals surface area contributed by atoms with Crippen LogP contribution in [0.25, 0.3) is 0 Å². The molecule has 0 saturated heterocycles. The number of methoxy groups -OCH3 is 1. The Balaban J connectivity index is 1.76. The van der Waals surface area contributed by atoms with E-state index in [-0.39, 0.29) is 37.6 Å². The average molecular weight is 543 g/mol. The van der Waals surface area contributed by atoms with Crippen LogP contribution < -0.4 is 14.8 Å². The predicted molar refractivity (Wildman–Crippen MR) is 146 cm³/mol. The second-order valence-electron chi connectivity index (χ2n) is 10.6. The first-order valence-electron chi connectivity index (χ1n) is 14.1. The fraction of sp³-hybridized carbons (Fsp3) is 0.600. The van der Waals surface area contributed by atoms with E-state index in [1.807, 2.05) is 11.0 Å². The highest BCUT2D eigenvalue weighted by atomic mass is 16.5. The number of aliphatic hydroxyl groups excluding tert-OH is 3. The molecule has 1 aromatic rings. The zero-order valence-electron chi connectivity index (χ0n) is 22.8. The lowest BCUT2D eigenvalue weighted by Crippen LogP contribution is -2.58. The van der Waals surface area contributed by atoms with Crippen molar-refractivity contribution >= 4 is 11.8 Å². The van der Waals surface area contributed by atoms with Crippen molar-refractivity contribution in [1.82, 2.24) is 10.2 Å². The Kier molecular flexibility index (Phi) is 10.0. The number of hydrogen-bond donors (Lipinski definition) is 4. The molecule has 1 aliphatic heterocycles. The third kappa shape index (κ3) is 6.15. The molecule has 0 bridgehead atoms. The zero-order chi connectivity index (χ0) is 27.9. The van der Waals surface area contributed by atoms with Crippen molar-refractivity contribution in [2.75, 3.05) is 20.3 Å². The van der Waals surface area contributed by atoms with Gasteiger partial charge >= 0.3 is 0 Å². The number of hydrogen-bond acceptors (Lipinski definition) is 7. The summed E-state index contributed by atoms with van der Waals surface area (Å²) in [6, 6.07) is 2.68. The highest BCUT2D eigenvalue weighted by Crippen LogP contribution is 2.51.